The molecule has 0 saturated carbocycles. The highest BCUT2D eigenvalue weighted by Gasteiger charge is 2.14. The molecule has 0 aliphatic rings. The van der Waals surface area contributed by atoms with Crippen LogP contribution < -0.4 is 10.7 Å². The zero-order valence-electron chi connectivity index (χ0n) is 15.3. The Kier molecular flexibility index (Phi) is 7.99. The molecule has 0 aliphatic heterocycles. The van der Waals surface area contributed by atoms with Crippen LogP contribution in [-0.2, 0) is 4.79 Å². The number of nitrogens with zero attached hydrogens (tertiary/aromatic N) is 1. The van der Waals surface area contributed by atoms with Crippen molar-refractivity contribution in [3.63, 3.8) is 0 Å². The van der Waals surface area contributed by atoms with Gasteiger partial charge in [-0.05, 0) is 87.0 Å². The molecule has 0 atom stereocenters. The standard InChI is InChI=1S/C21H15I2N3O3S/c22-15-9-14(19(27)17(23)10-15)12-24-26-21(29)18(11-16-7-4-8-30-16)25-20(28)13-5-2-1-3-6-13/h1-12,27H,(H,25,28)(H,26,29)/b18-11+,24-12-. The van der Waals surface area contributed by atoms with E-state index >= 15 is 0 Å². The second-order valence-corrected chi connectivity index (χ2v) is 9.31. The summed E-state index contributed by atoms with van der Waals surface area (Å²) in [6.45, 7) is 0. The molecule has 1 heterocycles. The summed E-state index contributed by atoms with van der Waals surface area (Å²) in [6, 6.07) is 15.9. The number of phenolic OH excluding ortho intramolecular Hbond substituents is 1. The Labute approximate surface area is 204 Å². The van der Waals surface area contributed by atoms with Gasteiger partial charge in [-0.2, -0.15) is 5.10 Å². The number of carbonyl (C=O) groups is 2. The molecule has 0 radical (unpaired) electrons. The number of hydrogen-bond acceptors (Lipinski definition) is 5. The second kappa shape index (κ2) is 10.7. The number of rotatable bonds is 6. The van der Waals surface area contributed by atoms with E-state index in [1.807, 2.05) is 52.2 Å². The fourth-order valence-corrected chi connectivity index (χ4v) is 4.91. The number of thiophene rings is 1. The molecule has 2 amide bonds. The monoisotopic (exact) mass is 643 g/mol. The molecule has 3 rings (SSSR count). The van der Waals surface area contributed by atoms with E-state index in [0.29, 0.717) is 14.7 Å². The van der Waals surface area contributed by atoms with Gasteiger partial charge in [-0.3, -0.25) is 9.59 Å². The Morgan fingerprint density at radius 3 is 2.53 bits per heavy atom. The highest BCUT2D eigenvalue weighted by molar-refractivity contribution is 14.1. The first-order chi connectivity index (χ1) is 14.4. The van der Waals surface area contributed by atoms with Crippen LogP contribution in [0.15, 0.2) is 70.8 Å². The van der Waals surface area contributed by atoms with Crippen molar-refractivity contribution in [3.05, 3.63) is 88.8 Å². The van der Waals surface area contributed by atoms with Crippen molar-refractivity contribution in [2.45, 2.75) is 0 Å². The van der Waals surface area contributed by atoms with E-state index in [9.17, 15) is 14.7 Å². The van der Waals surface area contributed by atoms with E-state index in [-0.39, 0.29) is 11.4 Å². The third kappa shape index (κ3) is 6.12. The smallest absolute Gasteiger partial charge is 0.287 e. The molecule has 0 spiro atoms. The van der Waals surface area contributed by atoms with Crippen LogP contribution >= 0.6 is 56.5 Å². The molecule has 6 nitrogen and oxygen atoms in total. The number of aromatic hydroxyl groups is 1. The minimum absolute atomic E-state index is 0.0601. The zero-order chi connectivity index (χ0) is 21.5. The number of halogens is 2. The van der Waals surface area contributed by atoms with Crippen LogP contribution in [-0.4, -0.2) is 23.1 Å². The van der Waals surface area contributed by atoms with E-state index < -0.39 is 11.8 Å². The molecule has 3 aromatic rings. The molecule has 30 heavy (non-hydrogen) atoms. The van der Waals surface area contributed by atoms with Crippen molar-refractivity contribution in [1.29, 1.82) is 0 Å². The van der Waals surface area contributed by atoms with Gasteiger partial charge in [-0.15, -0.1) is 11.3 Å². The average molecular weight is 643 g/mol. The number of phenols is 1. The zero-order valence-corrected chi connectivity index (χ0v) is 20.4. The van der Waals surface area contributed by atoms with Crippen LogP contribution in [0.5, 0.6) is 5.75 Å². The van der Waals surface area contributed by atoms with Gasteiger partial charge < -0.3 is 10.4 Å². The third-order valence-corrected chi connectivity index (χ3v) is 6.05. The van der Waals surface area contributed by atoms with Gasteiger partial charge in [0.25, 0.3) is 11.8 Å². The molecule has 0 aliphatic carbocycles. The Balaban J connectivity index is 1.78. The summed E-state index contributed by atoms with van der Waals surface area (Å²) < 4.78 is 1.61. The molecule has 3 N–H and O–H groups in total. The molecule has 0 fully saturated rings. The average Bonchev–Trinajstić information content (AvgIpc) is 3.24. The molecular formula is C21H15I2N3O3S. The predicted molar refractivity (Wildman–Crippen MR) is 135 cm³/mol. The van der Waals surface area contributed by atoms with Crippen LogP contribution in [0.2, 0.25) is 0 Å². The fourth-order valence-electron chi connectivity index (χ4n) is 2.36. The van der Waals surface area contributed by atoms with Gasteiger partial charge in [0.15, 0.2) is 0 Å². The first kappa shape index (κ1) is 22.4. The predicted octanol–water partition coefficient (Wildman–Crippen LogP) is 4.58. The van der Waals surface area contributed by atoms with E-state index in [4.69, 9.17) is 0 Å². The largest absolute Gasteiger partial charge is 0.506 e. The molecule has 0 unspecified atom stereocenters. The summed E-state index contributed by atoms with van der Waals surface area (Å²) in [5.74, 6) is -0.896. The van der Waals surface area contributed by atoms with E-state index in [2.05, 4.69) is 38.4 Å². The maximum atomic E-state index is 12.7. The highest BCUT2D eigenvalue weighted by Crippen LogP contribution is 2.25. The first-order valence-corrected chi connectivity index (χ1v) is 11.6. The van der Waals surface area contributed by atoms with Gasteiger partial charge in [0.1, 0.15) is 11.4 Å². The van der Waals surface area contributed by atoms with E-state index in [1.54, 1.807) is 36.4 Å². The summed E-state index contributed by atoms with van der Waals surface area (Å²) in [5.41, 5.74) is 3.37. The first-order valence-electron chi connectivity index (χ1n) is 8.57. The molecule has 1 aromatic heterocycles. The van der Waals surface area contributed by atoms with Crippen LogP contribution in [0.3, 0.4) is 0 Å². The Bertz CT molecular complexity index is 1110. The SMILES string of the molecule is O=C(N/N=C\c1cc(I)cc(I)c1O)/C(=C\c1cccs1)NC(=O)c1ccccc1. The maximum absolute atomic E-state index is 12.7. The van der Waals surface area contributed by atoms with Crippen molar-refractivity contribution in [2.24, 2.45) is 5.10 Å². The van der Waals surface area contributed by atoms with Crippen LogP contribution in [0.25, 0.3) is 6.08 Å². The van der Waals surface area contributed by atoms with E-state index in [1.165, 1.54) is 17.6 Å². The van der Waals surface area contributed by atoms with Gasteiger partial charge in [0.2, 0.25) is 0 Å². The van der Waals surface area contributed by atoms with Crippen molar-refractivity contribution in [2.75, 3.05) is 0 Å². The Morgan fingerprint density at radius 2 is 1.83 bits per heavy atom. The number of benzene rings is 2. The Hall–Kier alpha value is -2.25. The van der Waals surface area contributed by atoms with E-state index in [0.717, 1.165) is 8.45 Å². The second-order valence-electron chi connectivity index (χ2n) is 5.92. The topological polar surface area (TPSA) is 90.8 Å². The maximum Gasteiger partial charge on any atom is 0.287 e. The van der Waals surface area contributed by atoms with Crippen LogP contribution in [0.1, 0.15) is 20.8 Å². The normalized spacial score (nSPS) is 11.5. The number of hydrogen-bond donors (Lipinski definition) is 3. The molecular weight excluding hydrogens is 628 g/mol. The lowest BCUT2D eigenvalue weighted by molar-refractivity contribution is -0.117. The summed E-state index contributed by atoms with van der Waals surface area (Å²) in [5, 5.41) is 18.6. The number of carbonyl (C=O) groups excluding carboxylic acids is 2. The summed E-state index contributed by atoms with van der Waals surface area (Å²) in [7, 11) is 0. The van der Waals surface area contributed by atoms with Gasteiger partial charge in [-0.25, -0.2) is 5.43 Å². The molecule has 9 heteroatoms. The third-order valence-electron chi connectivity index (χ3n) is 3.79. The number of nitrogens with one attached hydrogen (secondary N) is 2. The fraction of sp³-hybridized carbons (Fsp3) is 0. The van der Waals surface area contributed by atoms with Crippen molar-refractivity contribution in [3.8, 4) is 5.75 Å². The van der Waals surface area contributed by atoms with Crippen LogP contribution in [0.4, 0.5) is 0 Å². The van der Waals surface area contributed by atoms with Crippen LogP contribution in [0, 0.1) is 7.14 Å². The lowest BCUT2D eigenvalue weighted by Gasteiger charge is -2.09. The minimum atomic E-state index is -0.580. The van der Waals surface area contributed by atoms with Gasteiger partial charge in [-0.1, -0.05) is 24.3 Å². The number of hydrazone groups is 1. The minimum Gasteiger partial charge on any atom is -0.506 e. The summed E-state index contributed by atoms with van der Waals surface area (Å²) in [4.78, 5) is 26.0. The lowest BCUT2D eigenvalue weighted by atomic mass is 10.2. The lowest BCUT2D eigenvalue weighted by Crippen LogP contribution is -2.32. The molecule has 152 valence electrons. The van der Waals surface area contributed by atoms with Gasteiger partial charge >= 0.3 is 0 Å². The highest BCUT2D eigenvalue weighted by atomic mass is 127. The van der Waals surface area contributed by atoms with Crippen molar-refractivity contribution in [1.82, 2.24) is 10.7 Å². The van der Waals surface area contributed by atoms with Crippen molar-refractivity contribution >= 4 is 80.6 Å². The van der Waals surface area contributed by atoms with Gasteiger partial charge in [0.05, 0.1) is 9.78 Å². The molecule has 0 saturated heterocycles. The number of amides is 2. The quantitative estimate of drug-likeness (QED) is 0.159. The molecule has 0 bridgehead atoms. The van der Waals surface area contributed by atoms with Crippen molar-refractivity contribution < 1.29 is 14.7 Å². The summed E-state index contributed by atoms with van der Waals surface area (Å²) in [6.07, 6.45) is 2.95. The Morgan fingerprint density at radius 1 is 1.07 bits per heavy atom. The van der Waals surface area contributed by atoms with Gasteiger partial charge in [0, 0.05) is 19.6 Å². The summed E-state index contributed by atoms with van der Waals surface area (Å²) >= 11 is 5.59. The molecule has 2 aromatic carbocycles.